The van der Waals surface area contributed by atoms with Gasteiger partial charge in [0.05, 0.1) is 11.1 Å². The highest BCUT2D eigenvalue weighted by Gasteiger charge is 2.17. The summed E-state index contributed by atoms with van der Waals surface area (Å²) in [5.41, 5.74) is 2.09. The first-order valence-electron chi connectivity index (χ1n) is 5.67. The third-order valence-electron chi connectivity index (χ3n) is 2.80. The highest BCUT2D eigenvalue weighted by molar-refractivity contribution is 6.31. The summed E-state index contributed by atoms with van der Waals surface area (Å²) in [6.07, 6.45) is 4.59. The molecule has 3 rings (SSSR count). The van der Waals surface area contributed by atoms with Gasteiger partial charge in [-0.15, -0.1) is 0 Å². The van der Waals surface area contributed by atoms with E-state index in [0.717, 1.165) is 17.4 Å². The molecule has 100 valence electrons. The van der Waals surface area contributed by atoms with Gasteiger partial charge in [0.2, 0.25) is 5.15 Å². The van der Waals surface area contributed by atoms with Gasteiger partial charge in [-0.25, -0.2) is 15.0 Å². The number of halogens is 1. The normalized spacial score (nSPS) is 10.9. The maximum atomic E-state index is 10.7. The second-order valence-electron chi connectivity index (χ2n) is 4.20. The van der Waals surface area contributed by atoms with Crippen molar-refractivity contribution in [2.24, 2.45) is 0 Å². The van der Waals surface area contributed by atoms with Crippen LogP contribution in [0.2, 0.25) is 5.15 Å². The molecule has 0 bridgehead atoms. The average molecular weight is 290 g/mol. The molecule has 0 saturated carbocycles. The van der Waals surface area contributed by atoms with E-state index in [1.807, 2.05) is 29.7 Å². The lowest BCUT2D eigenvalue weighted by Crippen LogP contribution is -1.98. The SMILES string of the molecule is Cc1ccc2ncc(-c3ncc([N+](=O)[O-])c(Cl)n3)n2c1. The Morgan fingerprint density at radius 3 is 2.80 bits per heavy atom. The van der Waals surface area contributed by atoms with E-state index < -0.39 is 4.92 Å². The molecule has 0 aromatic carbocycles. The number of pyridine rings is 1. The van der Waals surface area contributed by atoms with Gasteiger partial charge in [-0.05, 0) is 18.6 Å². The Kier molecular flexibility index (Phi) is 2.83. The van der Waals surface area contributed by atoms with Crippen molar-refractivity contribution in [3.8, 4) is 11.5 Å². The lowest BCUT2D eigenvalue weighted by Gasteiger charge is -2.02. The van der Waals surface area contributed by atoms with Crippen molar-refractivity contribution in [2.75, 3.05) is 0 Å². The van der Waals surface area contributed by atoms with Crippen molar-refractivity contribution >= 4 is 22.9 Å². The van der Waals surface area contributed by atoms with Crippen LogP contribution in [0.4, 0.5) is 5.69 Å². The lowest BCUT2D eigenvalue weighted by molar-refractivity contribution is -0.385. The number of aryl methyl sites for hydroxylation is 1. The number of imidazole rings is 1. The molecule has 7 nitrogen and oxygen atoms in total. The molecule has 0 aliphatic heterocycles. The monoisotopic (exact) mass is 289 g/mol. The second kappa shape index (κ2) is 4.53. The molecule has 0 radical (unpaired) electrons. The second-order valence-corrected chi connectivity index (χ2v) is 4.56. The minimum absolute atomic E-state index is 0.192. The van der Waals surface area contributed by atoms with Crippen molar-refractivity contribution in [1.82, 2.24) is 19.4 Å². The maximum Gasteiger partial charge on any atom is 0.324 e. The van der Waals surface area contributed by atoms with Crippen molar-refractivity contribution in [2.45, 2.75) is 6.92 Å². The number of fused-ring (bicyclic) bond motifs is 1. The molecule has 3 aromatic heterocycles. The fourth-order valence-electron chi connectivity index (χ4n) is 1.85. The van der Waals surface area contributed by atoms with Gasteiger partial charge < -0.3 is 0 Å². The van der Waals surface area contributed by atoms with Crippen LogP contribution in [-0.4, -0.2) is 24.3 Å². The summed E-state index contributed by atoms with van der Waals surface area (Å²) >= 11 is 5.80. The fourth-order valence-corrected chi connectivity index (χ4v) is 2.05. The fraction of sp³-hybridized carbons (Fsp3) is 0.0833. The van der Waals surface area contributed by atoms with E-state index in [4.69, 9.17) is 11.6 Å². The number of aromatic nitrogens is 4. The molecule has 0 unspecified atom stereocenters. The molecule has 3 heterocycles. The summed E-state index contributed by atoms with van der Waals surface area (Å²) in [6, 6.07) is 3.81. The molecule has 0 fully saturated rings. The Morgan fingerprint density at radius 2 is 2.10 bits per heavy atom. The third-order valence-corrected chi connectivity index (χ3v) is 3.08. The topological polar surface area (TPSA) is 86.2 Å². The van der Waals surface area contributed by atoms with Crippen LogP contribution in [0.25, 0.3) is 17.2 Å². The van der Waals surface area contributed by atoms with Crippen LogP contribution < -0.4 is 0 Å². The third kappa shape index (κ3) is 1.97. The number of hydrogen-bond donors (Lipinski definition) is 0. The van der Waals surface area contributed by atoms with Crippen LogP contribution in [0.5, 0.6) is 0 Å². The van der Waals surface area contributed by atoms with E-state index in [1.54, 1.807) is 6.20 Å². The largest absolute Gasteiger partial charge is 0.324 e. The molecule has 8 heteroatoms. The zero-order valence-corrected chi connectivity index (χ0v) is 11.1. The van der Waals surface area contributed by atoms with Crippen LogP contribution in [0.1, 0.15) is 5.56 Å². The lowest BCUT2D eigenvalue weighted by atomic mass is 10.3. The van der Waals surface area contributed by atoms with Gasteiger partial charge in [-0.2, -0.15) is 0 Å². The van der Waals surface area contributed by atoms with Gasteiger partial charge in [-0.1, -0.05) is 17.7 Å². The number of rotatable bonds is 2. The Hall–Kier alpha value is -2.54. The van der Waals surface area contributed by atoms with Gasteiger partial charge in [0.15, 0.2) is 5.82 Å². The molecule has 0 amide bonds. The first-order valence-corrected chi connectivity index (χ1v) is 6.05. The first-order chi connectivity index (χ1) is 9.56. The Balaban J connectivity index is 2.18. The average Bonchev–Trinajstić information content (AvgIpc) is 2.81. The molecule has 0 atom stereocenters. The van der Waals surface area contributed by atoms with Crippen LogP contribution in [-0.2, 0) is 0 Å². The van der Waals surface area contributed by atoms with E-state index in [1.165, 1.54) is 0 Å². The number of nitrogens with zero attached hydrogens (tertiary/aromatic N) is 5. The van der Waals surface area contributed by atoms with Gasteiger partial charge in [0, 0.05) is 6.20 Å². The zero-order valence-electron chi connectivity index (χ0n) is 10.3. The Bertz CT molecular complexity index is 830. The minimum atomic E-state index is -0.620. The highest BCUT2D eigenvalue weighted by Crippen LogP contribution is 2.24. The van der Waals surface area contributed by atoms with E-state index in [2.05, 4.69) is 15.0 Å². The van der Waals surface area contributed by atoms with Crippen molar-refractivity contribution in [3.63, 3.8) is 0 Å². The zero-order chi connectivity index (χ0) is 14.3. The number of nitro groups is 1. The van der Waals surface area contributed by atoms with Gasteiger partial charge in [0.1, 0.15) is 17.5 Å². The summed E-state index contributed by atoms with van der Waals surface area (Å²) in [6.45, 7) is 1.95. The maximum absolute atomic E-state index is 10.7. The molecule has 0 N–H and O–H groups in total. The minimum Gasteiger partial charge on any atom is -0.297 e. The molecule has 20 heavy (non-hydrogen) atoms. The molecule has 0 spiro atoms. The van der Waals surface area contributed by atoms with Crippen molar-refractivity contribution in [1.29, 1.82) is 0 Å². The van der Waals surface area contributed by atoms with E-state index in [-0.39, 0.29) is 10.8 Å². The molecular weight excluding hydrogens is 282 g/mol. The Labute approximate surface area is 118 Å². The summed E-state index contributed by atoms with van der Waals surface area (Å²) in [5.74, 6) is 0.290. The summed E-state index contributed by atoms with van der Waals surface area (Å²) in [4.78, 5) is 22.3. The first kappa shape index (κ1) is 12.5. The van der Waals surface area contributed by atoms with Crippen LogP contribution >= 0.6 is 11.6 Å². The summed E-state index contributed by atoms with van der Waals surface area (Å²) in [5, 5.41) is 10.5. The predicted molar refractivity (Wildman–Crippen MR) is 72.6 cm³/mol. The molecule has 0 aliphatic rings. The van der Waals surface area contributed by atoms with Gasteiger partial charge in [-0.3, -0.25) is 14.5 Å². The predicted octanol–water partition coefficient (Wildman–Crippen LogP) is 2.66. The molecule has 0 saturated heterocycles. The van der Waals surface area contributed by atoms with Crippen LogP contribution in [0.3, 0.4) is 0 Å². The van der Waals surface area contributed by atoms with Gasteiger partial charge >= 0.3 is 5.69 Å². The smallest absolute Gasteiger partial charge is 0.297 e. The van der Waals surface area contributed by atoms with Crippen molar-refractivity contribution in [3.05, 3.63) is 51.6 Å². The summed E-state index contributed by atoms with van der Waals surface area (Å²) in [7, 11) is 0. The summed E-state index contributed by atoms with van der Waals surface area (Å²) < 4.78 is 1.81. The molecular formula is C12H8ClN5O2. The van der Waals surface area contributed by atoms with Crippen LogP contribution in [0, 0.1) is 17.0 Å². The Morgan fingerprint density at radius 1 is 1.30 bits per heavy atom. The van der Waals surface area contributed by atoms with Crippen molar-refractivity contribution < 1.29 is 4.92 Å². The number of hydrogen-bond acceptors (Lipinski definition) is 5. The molecule has 0 aliphatic carbocycles. The van der Waals surface area contributed by atoms with E-state index in [9.17, 15) is 10.1 Å². The standard InChI is InChI=1S/C12H8ClN5O2/c1-7-2-3-10-14-5-9(17(10)6-7)12-15-4-8(18(19)20)11(13)16-12/h2-6H,1H3. The quantitative estimate of drug-likeness (QED) is 0.411. The van der Waals surface area contributed by atoms with E-state index >= 15 is 0 Å². The molecule has 3 aromatic rings. The van der Waals surface area contributed by atoms with E-state index in [0.29, 0.717) is 11.5 Å². The van der Waals surface area contributed by atoms with Crippen LogP contribution in [0.15, 0.2) is 30.7 Å². The van der Waals surface area contributed by atoms with Gasteiger partial charge in [0.25, 0.3) is 0 Å². The highest BCUT2D eigenvalue weighted by atomic mass is 35.5.